The Bertz CT molecular complexity index is 871. The van der Waals surface area contributed by atoms with Gasteiger partial charge in [-0.1, -0.05) is 15.9 Å². The first-order valence-corrected chi connectivity index (χ1v) is 10.6. The van der Waals surface area contributed by atoms with Gasteiger partial charge in [0.05, 0.1) is 23.3 Å². The number of nitrogens with one attached hydrogen (secondary N) is 1. The van der Waals surface area contributed by atoms with Crippen LogP contribution in [-0.4, -0.2) is 35.3 Å². The normalized spacial score (nSPS) is 16.4. The summed E-state index contributed by atoms with van der Waals surface area (Å²) in [5.74, 6) is 0.000181. The minimum atomic E-state index is -0.560. The molecule has 1 N–H and O–H groups in total. The van der Waals surface area contributed by atoms with Gasteiger partial charge in [-0.3, -0.25) is 14.4 Å². The maximum Gasteiger partial charge on any atom is 0.247 e. The molecule has 1 aliphatic heterocycles. The van der Waals surface area contributed by atoms with Crippen molar-refractivity contribution in [1.29, 1.82) is 0 Å². The van der Waals surface area contributed by atoms with Crippen LogP contribution in [-0.2, 0) is 14.4 Å². The van der Waals surface area contributed by atoms with E-state index in [1.807, 2.05) is 19.1 Å². The summed E-state index contributed by atoms with van der Waals surface area (Å²) < 4.78 is 6.30. The number of imide groups is 1. The van der Waals surface area contributed by atoms with Crippen molar-refractivity contribution in [3.05, 3.63) is 53.0 Å². The van der Waals surface area contributed by atoms with E-state index in [9.17, 15) is 14.4 Å². The fraction of sp³-hybridized carbons (Fsp3) is 0.250. The van der Waals surface area contributed by atoms with Crippen LogP contribution in [0.5, 0.6) is 5.75 Å². The minimum absolute atomic E-state index is 0.0856. The molecule has 6 nitrogen and oxygen atoms in total. The van der Waals surface area contributed by atoms with Crippen molar-refractivity contribution >= 4 is 56.8 Å². The van der Waals surface area contributed by atoms with E-state index in [0.717, 1.165) is 4.47 Å². The van der Waals surface area contributed by atoms with Gasteiger partial charge in [-0.2, -0.15) is 0 Å². The van der Waals surface area contributed by atoms with Crippen LogP contribution in [0.25, 0.3) is 0 Å². The van der Waals surface area contributed by atoms with E-state index in [0.29, 0.717) is 23.7 Å². The maximum atomic E-state index is 12.7. The molecule has 3 rings (SSSR count). The lowest BCUT2D eigenvalue weighted by Gasteiger charge is -2.15. The van der Waals surface area contributed by atoms with E-state index >= 15 is 0 Å². The molecule has 0 bridgehead atoms. The molecule has 1 fully saturated rings. The van der Waals surface area contributed by atoms with Gasteiger partial charge in [0.1, 0.15) is 5.75 Å². The van der Waals surface area contributed by atoms with Crippen LogP contribution in [0, 0.1) is 0 Å². The molecule has 0 unspecified atom stereocenters. The second kappa shape index (κ2) is 9.25. The van der Waals surface area contributed by atoms with Crippen molar-refractivity contribution in [1.82, 2.24) is 0 Å². The molecule has 0 saturated carbocycles. The molecule has 1 atom stereocenters. The monoisotopic (exact) mass is 462 g/mol. The number of rotatable bonds is 7. The predicted molar refractivity (Wildman–Crippen MR) is 114 cm³/mol. The highest BCUT2D eigenvalue weighted by Crippen LogP contribution is 2.30. The summed E-state index contributed by atoms with van der Waals surface area (Å²) in [6.07, 6.45) is 0.0856. The van der Waals surface area contributed by atoms with E-state index in [2.05, 4.69) is 21.2 Å². The molecule has 1 saturated heterocycles. The second-order valence-electron chi connectivity index (χ2n) is 6.05. The molecule has 0 spiro atoms. The molecule has 0 radical (unpaired) electrons. The van der Waals surface area contributed by atoms with Crippen molar-refractivity contribution in [2.75, 3.05) is 22.6 Å². The van der Waals surface area contributed by atoms with Crippen molar-refractivity contribution in [2.45, 2.75) is 18.6 Å². The fourth-order valence-electron chi connectivity index (χ4n) is 2.77. The summed E-state index contributed by atoms with van der Waals surface area (Å²) in [4.78, 5) is 38.3. The van der Waals surface area contributed by atoms with Gasteiger partial charge < -0.3 is 10.1 Å². The van der Waals surface area contributed by atoms with E-state index in [4.69, 9.17) is 4.74 Å². The van der Waals surface area contributed by atoms with Crippen LogP contribution in [0.15, 0.2) is 53.0 Å². The molecule has 146 valence electrons. The molecular formula is C20H19BrN2O4S. The number of ether oxygens (including phenoxy) is 1. The van der Waals surface area contributed by atoms with Crippen molar-refractivity contribution in [3.63, 3.8) is 0 Å². The van der Waals surface area contributed by atoms with E-state index in [1.54, 1.807) is 36.4 Å². The summed E-state index contributed by atoms with van der Waals surface area (Å²) in [5, 5.41) is 2.22. The zero-order valence-electron chi connectivity index (χ0n) is 15.2. The average Bonchev–Trinajstić information content (AvgIpc) is 2.96. The van der Waals surface area contributed by atoms with Gasteiger partial charge in [-0.05, 0) is 55.5 Å². The maximum absolute atomic E-state index is 12.7. The molecule has 1 aliphatic rings. The summed E-state index contributed by atoms with van der Waals surface area (Å²) in [7, 11) is 0. The van der Waals surface area contributed by atoms with Crippen molar-refractivity contribution < 1.29 is 19.1 Å². The summed E-state index contributed by atoms with van der Waals surface area (Å²) in [5.41, 5.74) is 1.19. The highest BCUT2D eigenvalue weighted by molar-refractivity contribution is 9.10. The molecule has 2 aromatic carbocycles. The molecule has 0 aliphatic carbocycles. The third-order valence-electron chi connectivity index (χ3n) is 4.05. The molecule has 3 amide bonds. The number of hydrogen-bond donors (Lipinski definition) is 1. The molecule has 1 heterocycles. The predicted octanol–water partition coefficient (Wildman–Crippen LogP) is 3.85. The standard InChI is InChI=1S/C20H19BrN2O4S/c1-2-27-16-9-7-15(8-10-16)23-19(25)11-17(20(23)26)28-12-18(24)22-14-5-3-13(21)4-6-14/h3-10,17H,2,11-12H2,1H3,(H,22,24)/t17-/m1/s1. The smallest absolute Gasteiger partial charge is 0.247 e. The van der Waals surface area contributed by atoms with E-state index in [1.165, 1.54) is 16.7 Å². The largest absolute Gasteiger partial charge is 0.494 e. The zero-order valence-corrected chi connectivity index (χ0v) is 17.6. The zero-order chi connectivity index (χ0) is 20.1. The molecule has 0 aromatic heterocycles. The highest BCUT2D eigenvalue weighted by atomic mass is 79.9. The quantitative estimate of drug-likeness (QED) is 0.632. The lowest BCUT2D eigenvalue weighted by Crippen LogP contribution is -2.31. The van der Waals surface area contributed by atoms with Gasteiger partial charge in [0.2, 0.25) is 17.7 Å². The lowest BCUT2D eigenvalue weighted by molar-refractivity contribution is -0.121. The van der Waals surface area contributed by atoms with Crippen LogP contribution in [0.3, 0.4) is 0 Å². The Morgan fingerprint density at radius 3 is 2.50 bits per heavy atom. The number of benzene rings is 2. The number of carbonyl (C=O) groups is 3. The van der Waals surface area contributed by atoms with Gasteiger partial charge in [0.15, 0.2) is 0 Å². The Hall–Kier alpha value is -2.32. The SMILES string of the molecule is CCOc1ccc(N2C(=O)C[C@@H](SCC(=O)Nc3ccc(Br)cc3)C2=O)cc1. The van der Waals surface area contributed by atoms with Crippen molar-refractivity contribution in [3.8, 4) is 5.75 Å². The Kier molecular flexibility index (Phi) is 6.74. The second-order valence-corrected chi connectivity index (χ2v) is 8.16. The van der Waals surface area contributed by atoms with Gasteiger partial charge in [0.25, 0.3) is 0 Å². The third-order valence-corrected chi connectivity index (χ3v) is 5.78. The van der Waals surface area contributed by atoms with Gasteiger partial charge in [-0.15, -0.1) is 11.8 Å². The number of halogens is 1. The van der Waals surface area contributed by atoms with Gasteiger partial charge >= 0.3 is 0 Å². The van der Waals surface area contributed by atoms with Crippen LogP contribution in [0.1, 0.15) is 13.3 Å². The van der Waals surface area contributed by atoms with E-state index < -0.39 is 5.25 Å². The van der Waals surface area contributed by atoms with Gasteiger partial charge in [-0.25, -0.2) is 4.90 Å². The third kappa shape index (κ3) is 4.94. The summed E-state index contributed by atoms with van der Waals surface area (Å²) in [6, 6.07) is 14.1. The van der Waals surface area contributed by atoms with Crippen molar-refractivity contribution in [2.24, 2.45) is 0 Å². The molecular weight excluding hydrogens is 444 g/mol. The Labute approximate surface area is 175 Å². The Morgan fingerprint density at radius 1 is 1.18 bits per heavy atom. The number of carbonyl (C=O) groups excluding carboxylic acids is 3. The summed E-state index contributed by atoms with van der Waals surface area (Å²) >= 11 is 4.52. The first kappa shape index (κ1) is 20.4. The molecule has 2 aromatic rings. The fourth-order valence-corrected chi connectivity index (χ4v) is 3.97. The Morgan fingerprint density at radius 2 is 1.86 bits per heavy atom. The minimum Gasteiger partial charge on any atom is -0.494 e. The molecule has 8 heteroatoms. The molecule has 28 heavy (non-hydrogen) atoms. The van der Waals surface area contributed by atoms with Crippen LogP contribution >= 0.6 is 27.7 Å². The number of hydrogen-bond acceptors (Lipinski definition) is 5. The van der Waals surface area contributed by atoms with Gasteiger partial charge in [0, 0.05) is 16.6 Å². The first-order valence-electron chi connectivity index (χ1n) is 8.74. The number of anilines is 2. The number of amides is 3. The summed E-state index contributed by atoms with van der Waals surface area (Å²) in [6.45, 7) is 2.43. The van der Waals surface area contributed by atoms with E-state index in [-0.39, 0.29) is 29.9 Å². The lowest BCUT2D eigenvalue weighted by atomic mass is 10.3. The number of nitrogens with zero attached hydrogens (tertiary/aromatic N) is 1. The topological polar surface area (TPSA) is 75.7 Å². The van der Waals surface area contributed by atoms with Crippen LogP contribution < -0.4 is 15.0 Å². The highest BCUT2D eigenvalue weighted by Gasteiger charge is 2.40. The number of thioether (sulfide) groups is 1. The average molecular weight is 463 g/mol. The van der Waals surface area contributed by atoms with Crippen LogP contribution in [0.2, 0.25) is 0 Å². The Balaban J connectivity index is 1.57. The van der Waals surface area contributed by atoms with Crippen LogP contribution in [0.4, 0.5) is 11.4 Å². The first-order chi connectivity index (χ1) is 13.5.